The first kappa shape index (κ1) is 23.9. The van der Waals surface area contributed by atoms with Crippen molar-refractivity contribution in [1.82, 2.24) is 5.32 Å². The van der Waals surface area contributed by atoms with Crippen LogP contribution in [0.15, 0.2) is 51.8 Å². The molecule has 0 fully saturated rings. The van der Waals surface area contributed by atoms with E-state index in [2.05, 4.69) is 10.1 Å². The Morgan fingerprint density at radius 2 is 1.90 bits per heavy atom. The highest BCUT2D eigenvalue weighted by Gasteiger charge is 2.33. The molecule has 31 heavy (non-hydrogen) atoms. The molecule has 1 aromatic heterocycles. The number of aromatic hydroxyl groups is 1. The van der Waals surface area contributed by atoms with E-state index in [9.17, 15) is 19.5 Å². The molecule has 7 heteroatoms. The highest BCUT2D eigenvalue weighted by Crippen LogP contribution is 2.29. The minimum Gasteiger partial charge on any atom is -0.507 e. The summed E-state index contributed by atoms with van der Waals surface area (Å²) in [5, 5.41) is 12.8. The Kier molecular flexibility index (Phi) is 8.19. The lowest BCUT2D eigenvalue weighted by Gasteiger charge is -2.23. The first-order valence-corrected chi connectivity index (χ1v) is 10.1. The van der Waals surface area contributed by atoms with Crippen molar-refractivity contribution in [2.24, 2.45) is 5.41 Å². The molecule has 0 radical (unpaired) electrons. The van der Waals surface area contributed by atoms with Crippen LogP contribution in [0, 0.1) is 12.3 Å². The van der Waals surface area contributed by atoms with E-state index in [-0.39, 0.29) is 11.3 Å². The standard InChI is InChI=1S/C24H29NO6/c1-16-9-11-17(12-10-16)15-24(2,3)21(27)20-19(26)14-18(31-22(20)28)8-6-5-7-13-25-23(29)30-4/h7,9-14,26H,5-6,8,15H2,1-4H3,(H,25,29)/b13-7+. The van der Waals surface area contributed by atoms with Gasteiger partial charge in [0.1, 0.15) is 17.1 Å². The van der Waals surface area contributed by atoms with Crippen LogP contribution in [-0.2, 0) is 17.6 Å². The second-order valence-electron chi connectivity index (χ2n) is 8.07. The molecule has 2 aromatic rings. The topological polar surface area (TPSA) is 106 Å². The first-order valence-electron chi connectivity index (χ1n) is 10.1. The number of aryl methyl sites for hydroxylation is 2. The summed E-state index contributed by atoms with van der Waals surface area (Å²) in [6.07, 6.45) is 4.70. The quantitative estimate of drug-likeness (QED) is 0.457. The van der Waals surface area contributed by atoms with Crippen molar-refractivity contribution in [3.8, 4) is 5.75 Å². The number of nitrogens with one attached hydrogen (secondary N) is 1. The molecular formula is C24H29NO6. The molecule has 0 saturated carbocycles. The maximum atomic E-state index is 13.0. The molecule has 2 rings (SSSR count). The lowest BCUT2D eigenvalue weighted by Crippen LogP contribution is -2.31. The Labute approximate surface area is 181 Å². The molecule has 1 heterocycles. The fraction of sp³-hybridized carbons (Fsp3) is 0.375. The molecule has 0 atom stereocenters. The van der Waals surface area contributed by atoms with E-state index >= 15 is 0 Å². The number of rotatable bonds is 9. The van der Waals surface area contributed by atoms with Crippen LogP contribution < -0.4 is 10.9 Å². The number of ether oxygens (including phenoxy) is 1. The number of methoxy groups -OCH3 is 1. The zero-order valence-corrected chi connectivity index (χ0v) is 18.4. The third-order valence-corrected chi connectivity index (χ3v) is 4.89. The van der Waals surface area contributed by atoms with Crippen molar-refractivity contribution in [3.05, 3.63) is 75.5 Å². The number of alkyl carbamates (subject to hydrolysis) is 1. The van der Waals surface area contributed by atoms with E-state index in [1.54, 1.807) is 19.9 Å². The van der Waals surface area contributed by atoms with Crippen molar-refractivity contribution in [1.29, 1.82) is 0 Å². The Balaban J connectivity index is 2.05. The summed E-state index contributed by atoms with van der Waals surface area (Å²) in [7, 11) is 1.27. The molecule has 0 unspecified atom stereocenters. The zero-order chi connectivity index (χ0) is 23.0. The van der Waals surface area contributed by atoms with E-state index in [0.29, 0.717) is 31.4 Å². The monoisotopic (exact) mass is 427 g/mol. The Hall–Kier alpha value is -3.35. The SMILES string of the molecule is COC(=O)N/C=C/CCCc1cc(O)c(C(=O)C(C)(C)Cc2ccc(C)cc2)c(=O)o1. The van der Waals surface area contributed by atoms with Crippen molar-refractivity contribution < 1.29 is 23.8 Å². The van der Waals surface area contributed by atoms with Gasteiger partial charge in [0, 0.05) is 24.1 Å². The number of hydrogen-bond donors (Lipinski definition) is 2. The van der Waals surface area contributed by atoms with Gasteiger partial charge in [-0.15, -0.1) is 0 Å². The minimum atomic E-state index is -0.889. The summed E-state index contributed by atoms with van der Waals surface area (Å²) < 4.78 is 9.72. The van der Waals surface area contributed by atoms with Gasteiger partial charge >= 0.3 is 11.7 Å². The Morgan fingerprint density at radius 3 is 2.52 bits per heavy atom. The average molecular weight is 427 g/mol. The number of ketones is 1. The lowest BCUT2D eigenvalue weighted by atomic mass is 9.79. The maximum Gasteiger partial charge on any atom is 0.410 e. The maximum absolute atomic E-state index is 13.0. The van der Waals surface area contributed by atoms with Crippen LogP contribution in [0.4, 0.5) is 4.79 Å². The summed E-state index contributed by atoms with van der Waals surface area (Å²) in [5.41, 5.74) is 0.0551. The van der Waals surface area contributed by atoms with Gasteiger partial charge in [0.25, 0.3) is 0 Å². The van der Waals surface area contributed by atoms with E-state index < -0.39 is 22.9 Å². The van der Waals surface area contributed by atoms with Crippen LogP contribution >= 0.6 is 0 Å². The van der Waals surface area contributed by atoms with Gasteiger partial charge < -0.3 is 14.3 Å². The van der Waals surface area contributed by atoms with E-state index in [0.717, 1.165) is 11.1 Å². The molecule has 7 nitrogen and oxygen atoms in total. The van der Waals surface area contributed by atoms with Crippen LogP contribution in [0.5, 0.6) is 5.75 Å². The largest absolute Gasteiger partial charge is 0.507 e. The third-order valence-electron chi connectivity index (χ3n) is 4.89. The van der Waals surface area contributed by atoms with Crippen LogP contribution in [0.2, 0.25) is 0 Å². The zero-order valence-electron chi connectivity index (χ0n) is 18.4. The van der Waals surface area contributed by atoms with Crippen LogP contribution in [0.25, 0.3) is 0 Å². The predicted molar refractivity (Wildman–Crippen MR) is 117 cm³/mol. The Morgan fingerprint density at radius 1 is 1.23 bits per heavy atom. The minimum absolute atomic E-state index is 0.296. The van der Waals surface area contributed by atoms with Gasteiger partial charge in [-0.1, -0.05) is 49.8 Å². The van der Waals surface area contributed by atoms with Crippen molar-refractivity contribution in [2.45, 2.75) is 46.5 Å². The number of amides is 1. The number of carbonyl (C=O) groups is 2. The van der Waals surface area contributed by atoms with Crippen LogP contribution in [-0.4, -0.2) is 24.1 Å². The summed E-state index contributed by atoms with van der Waals surface area (Å²) in [5.74, 6) is -0.524. The predicted octanol–water partition coefficient (Wildman–Crippen LogP) is 4.30. The first-order chi connectivity index (χ1) is 14.6. The number of Topliss-reactive ketones (excluding diaryl/α,β-unsaturated/α-hetero) is 1. The summed E-state index contributed by atoms with van der Waals surface area (Å²) in [6.45, 7) is 5.48. The highest BCUT2D eigenvalue weighted by atomic mass is 16.5. The molecule has 0 bridgehead atoms. The smallest absolute Gasteiger partial charge is 0.410 e. The average Bonchev–Trinajstić information content (AvgIpc) is 2.71. The van der Waals surface area contributed by atoms with Crippen molar-refractivity contribution in [2.75, 3.05) is 7.11 Å². The van der Waals surface area contributed by atoms with Gasteiger partial charge in [0.05, 0.1) is 7.11 Å². The normalized spacial score (nSPS) is 11.5. The van der Waals surface area contributed by atoms with E-state index in [1.807, 2.05) is 31.2 Å². The molecule has 166 valence electrons. The Bertz CT molecular complexity index is 1000. The fourth-order valence-electron chi connectivity index (χ4n) is 3.16. The summed E-state index contributed by atoms with van der Waals surface area (Å²) in [4.78, 5) is 36.4. The summed E-state index contributed by atoms with van der Waals surface area (Å²) >= 11 is 0. The van der Waals surface area contributed by atoms with Gasteiger partial charge in [-0.2, -0.15) is 0 Å². The number of carbonyl (C=O) groups excluding carboxylic acids is 2. The second-order valence-corrected chi connectivity index (χ2v) is 8.07. The molecule has 0 aliphatic carbocycles. The molecule has 0 spiro atoms. The van der Waals surface area contributed by atoms with E-state index in [1.165, 1.54) is 19.4 Å². The van der Waals surface area contributed by atoms with Gasteiger partial charge in [0.15, 0.2) is 5.78 Å². The van der Waals surface area contributed by atoms with Crippen LogP contribution in [0.3, 0.4) is 0 Å². The molecule has 0 saturated heterocycles. The van der Waals surface area contributed by atoms with Crippen molar-refractivity contribution in [3.63, 3.8) is 0 Å². The van der Waals surface area contributed by atoms with Crippen molar-refractivity contribution >= 4 is 11.9 Å². The van der Waals surface area contributed by atoms with Crippen LogP contribution in [0.1, 0.15) is 53.9 Å². The number of benzene rings is 1. The van der Waals surface area contributed by atoms with Gasteiger partial charge in [0.2, 0.25) is 0 Å². The fourth-order valence-corrected chi connectivity index (χ4v) is 3.16. The van der Waals surface area contributed by atoms with Gasteiger partial charge in [-0.3, -0.25) is 10.1 Å². The second kappa shape index (κ2) is 10.6. The molecular weight excluding hydrogens is 398 g/mol. The lowest BCUT2D eigenvalue weighted by molar-refractivity contribution is 0.0829. The van der Waals surface area contributed by atoms with Gasteiger partial charge in [-0.25, -0.2) is 9.59 Å². The van der Waals surface area contributed by atoms with Gasteiger partial charge in [-0.05, 0) is 31.7 Å². The molecule has 2 N–H and O–H groups in total. The summed E-state index contributed by atoms with van der Waals surface area (Å²) in [6, 6.07) is 9.16. The molecule has 0 aliphatic rings. The van der Waals surface area contributed by atoms with E-state index in [4.69, 9.17) is 4.42 Å². The number of allylic oxidation sites excluding steroid dienone is 1. The highest BCUT2D eigenvalue weighted by molar-refractivity contribution is 6.01. The molecule has 0 aliphatic heterocycles. The third kappa shape index (κ3) is 6.84. The molecule has 1 amide bonds. The number of unbranched alkanes of at least 4 members (excludes halogenated alkanes) is 1. The molecule has 1 aromatic carbocycles. The number of hydrogen-bond acceptors (Lipinski definition) is 6.